The normalized spacial score (nSPS) is 12.3. The van der Waals surface area contributed by atoms with Crippen LogP contribution in [0.15, 0.2) is 22.7 Å². The summed E-state index contributed by atoms with van der Waals surface area (Å²) in [5.41, 5.74) is 0.0347. The molecule has 0 saturated carbocycles. The summed E-state index contributed by atoms with van der Waals surface area (Å²) in [6.45, 7) is 2.04. The maximum Gasteiger partial charge on any atom is 0.256 e. The van der Waals surface area contributed by atoms with E-state index in [2.05, 4.69) is 15.9 Å². The van der Waals surface area contributed by atoms with E-state index in [1.54, 1.807) is 26.1 Å². The van der Waals surface area contributed by atoms with Crippen LogP contribution in [0, 0.1) is 5.82 Å². The molecule has 0 aliphatic rings. The first-order chi connectivity index (χ1) is 7.93. The van der Waals surface area contributed by atoms with Gasteiger partial charge >= 0.3 is 0 Å². The van der Waals surface area contributed by atoms with Crippen molar-refractivity contribution in [2.75, 3.05) is 13.6 Å². The Morgan fingerprint density at radius 1 is 1.59 bits per heavy atom. The van der Waals surface area contributed by atoms with Crippen molar-refractivity contribution in [1.82, 2.24) is 4.90 Å². The number of carbonyl (C=O) groups excluding carboxylic acids is 1. The van der Waals surface area contributed by atoms with Crippen LogP contribution < -0.4 is 0 Å². The molecule has 0 spiro atoms. The predicted octanol–water partition coefficient (Wildman–Crippen LogP) is 2.43. The van der Waals surface area contributed by atoms with Gasteiger partial charge in [-0.2, -0.15) is 0 Å². The second kappa shape index (κ2) is 6.12. The van der Waals surface area contributed by atoms with Crippen molar-refractivity contribution in [3.05, 3.63) is 34.1 Å². The summed E-state index contributed by atoms with van der Waals surface area (Å²) in [6.07, 6.45) is -0.00434. The minimum absolute atomic E-state index is 0.0347. The van der Waals surface area contributed by atoms with E-state index in [4.69, 9.17) is 5.11 Å². The smallest absolute Gasteiger partial charge is 0.256 e. The fourth-order valence-corrected chi connectivity index (χ4v) is 1.72. The predicted molar refractivity (Wildman–Crippen MR) is 67.4 cm³/mol. The number of carbonyl (C=O) groups is 1. The molecule has 5 heteroatoms. The molecule has 0 heterocycles. The molecular weight excluding hydrogens is 289 g/mol. The van der Waals surface area contributed by atoms with Crippen molar-refractivity contribution in [2.24, 2.45) is 0 Å². The van der Waals surface area contributed by atoms with E-state index < -0.39 is 11.9 Å². The fourth-order valence-electron chi connectivity index (χ4n) is 1.36. The third kappa shape index (κ3) is 3.78. The molecule has 0 aliphatic heterocycles. The van der Waals surface area contributed by atoms with E-state index in [1.165, 1.54) is 11.0 Å². The largest absolute Gasteiger partial charge is 0.393 e. The lowest BCUT2D eigenvalue weighted by Gasteiger charge is -2.18. The summed E-state index contributed by atoms with van der Waals surface area (Å²) < 4.78 is 13.9. The molecular formula is C12H15BrFNO2. The second-order valence-corrected chi connectivity index (χ2v) is 4.82. The molecule has 1 unspecified atom stereocenters. The number of hydrogen-bond donors (Lipinski definition) is 1. The van der Waals surface area contributed by atoms with Crippen LogP contribution in [0.1, 0.15) is 23.7 Å². The Hall–Kier alpha value is -0.940. The van der Waals surface area contributed by atoms with E-state index in [9.17, 15) is 9.18 Å². The Morgan fingerprint density at radius 2 is 2.24 bits per heavy atom. The van der Waals surface area contributed by atoms with E-state index >= 15 is 0 Å². The molecule has 0 bridgehead atoms. The zero-order valence-electron chi connectivity index (χ0n) is 9.78. The highest BCUT2D eigenvalue weighted by Gasteiger charge is 2.17. The first-order valence-electron chi connectivity index (χ1n) is 5.31. The lowest BCUT2D eigenvalue weighted by molar-refractivity contribution is 0.0764. The Bertz CT molecular complexity index is 409. The van der Waals surface area contributed by atoms with Crippen LogP contribution in [0.25, 0.3) is 0 Å². The lowest BCUT2D eigenvalue weighted by Crippen LogP contribution is -2.30. The van der Waals surface area contributed by atoms with Crippen molar-refractivity contribution in [3.63, 3.8) is 0 Å². The van der Waals surface area contributed by atoms with E-state index in [0.717, 1.165) is 0 Å². The average Bonchev–Trinajstić information content (AvgIpc) is 2.28. The fraction of sp³-hybridized carbons (Fsp3) is 0.417. The van der Waals surface area contributed by atoms with Gasteiger partial charge in [0.05, 0.1) is 16.1 Å². The van der Waals surface area contributed by atoms with Crippen molar-refractivity contribution in [1.29, 1.82) is 0 Å². The third-order valence-electron chi connectivity index (χ3n) is 2.41. The van der Waals surface area contributed by atoms with Crippen molar-refractivity contribution < 1.29 is 14.3 Å². The van der Waals surface area contributed by atoms with Gasteiger partial charge in [-0.1, -0.05) is 6.07 Å². The second-order valence-electron chi connectivity index (χ2n) is 3.97. The van der Waals surface area contributed by atoms with Crippen molar-refractivity contribution in [2.45, 2.75) is 19.4 Å². The summed E-state index contributed by atoms with van der Waals surface area (Å²) in [5, 5.41) is 9.13. The summed E-state index contributed by atoms with van der Waals surface area (Å²) in [6, 6.07) is 4.60. The summed E-state index contributed by atoms with van der Waals surface area (Å²) in [7, 11) is 1.59. The van der Waals surface area contributed by atoms with Gasteiger partial charge in [-0.15, -0.1) is 0 Å². The topological polar surface area (TPSA) is 40.5 Å². The van der Waals surface area contributed by atoms with Gasteiger partial charge in [-0.25, -0.2) is 4.39 Å². The number of rotatable bonds is 4. The van der Waals surface area contributed by atoms with Gasteiger partial charge in [0, 0.05) is 13.6 Å². The number of amides is 1. The van der Waals surface area contributed by atoms with Crippen LogP contribution in [-0.4, -0.2) is 35.6 Å². The maximum absolute atomic E-state index is 13.7. The zero-order valence-corrected chi connectivity index (χ0v) is 11.4. The van der Waals surface area contributed by atoms with Gasteiger partial charge in [0.25, 0.3) is 5.91 Å². The number of benzene rings is 1. The molecule has 1 amide bonds. The standard InChI is InChI=1S/C12H15BrFNO2/c1-8(16)6-7-15(2)12(17)9-4-3-5-10(13)11(9)14/h3-5,8,16H,6-7H2,1-2H3. The number of aliphatic hydroxyl groups is 1. The number of aliphatic hydroxyl groups excluding tert-OH is 1. The van der Waals surface area contributed by atoms with Crippen LogP contribution in [-0.2, 0) is 0 Å². The zero-order chi connectivity index (χ0) is 13.0. The molecule has 1 aromatic rings. The molecule has 0 aliphatic carbocycles. The molecule has 94 valence electrons. The molecule has 1 rings (SSSR count). The molecule has 1 N–H and O–H groups in total. The Balaban J connectivity index is 2.78. The highest BCUT2D eigenvalue weighted by Crippen LogP contribution is 2.19. The summed E-state index contributed by atoms with van der Waals surface area (Å²) >= 11 is 3.04. The van der Waals surface area contributed by atoms with Gasteiger partial charge in [0.1, 0.15) is 5.82 Å². The third-order valence-corrected chi connectivity index (χ3v) is 3.02. The number of halogens is 2. The van der Waals surface area contributed by atoms with Crippen LogP contribution in [0.2, 0.25) is 0 Å². The molecule has 17 heavy (non-hydrogen) atoms. The molecule has 0 fully saturated rings. The molecule has 3 nitrogen and oxygen atoms in total. The minimum atomic E-state index is -0.554. The van der Waals surface area contributed by atoms with Crippen LogP contribution in [0.3, 0.4) is 0 Å². The molecule has 0 radical (unpaired) electrons. The quantitative estimate of drug-likeness (QED) is 0.928. The van der Waals surface area contributed by atoms with Crippen LogP contribution >= 0.6 is 15.9 Å². The summed E-state index contributed by atoms with van der Waals surface area (Å²) in [5.74, 6) is -0.939. The number of hydrogen-bond acceptors (Lipinski definition) is 2. The number of nitrogens with zero attached hydrogens (tertiary/aromatic N) is 1. The maximum atomic E-state index is 13.7. The molecule has 1 aromatic carbocycles. The van der Waals surface area contributed by atoms with Gasteiger partial charge < -0.3 is 10.0 Å². The van der Waals surface area contributed by atoms with E-state index in [-0.39, 0.29) is 15.9 Å². The highest BCUT2D eigenvalue weighted by molar-refractivity contribution is 9.10. The van der Waals surface area contributed by atoms with Gasteiger partial charge in [0.2, 0.25) is 0 Å². The van der Waals surface area contributed by atoms with Gasteiger partial charge in [-0.05, 0) is 41.4 Å². The first-order valence-corrected chi connectivity index (χ1v) is 6.10. The Morgan fingerprint density at radius 3 is 2.82 bits per heavy atom. The highest BCUT2D eigenvalue weighted by atomic mass is 79.9. The van der Waals surface area contributed by atoms with Crippen molar-refractivity contribution in [3.8, 4) is 0 Å². The lowest BCUT2D eigenvalue weighted by atomic mass is 10.2. The Kier molecular flexibility index (Phi) is 5.08. The van der Waals surface area contributed by atoms with Gasteiger partial charge in [-0.3, -0.25) is 4.79 Å². The van der Waals surface area contributed by atoms with Crippen LogP contribution in [0.4, 0.5) is 4.39 Å². The monoisotopic (exact) mass is 303 g/mol. The average molecular weight is 304 g/mol. The van der Waals surface area contributed by atoms with Crippen molar-refractivity contribution >= 4 is 21.8 Å². The SMILES string of the molecule is CC(O)CCN(C)C(=O)c1cccc(Br)c1F. The molecule has 0 aromatic heterocycles. The summed E-state index contributed by atoms with van der Waals surface area (Å²) in [4.78, 5) is 13.3. The van der Waals surface area contributed by atoms with Crippen LogP contribution in [0.5, 0.6) is 0 Å². The minimum Gasteiger partial charge on any atom is -0.393 e. The molecule has 0 saturated heterocycles. The Labute approximate surface area is 108 Å². The van der Waals surface area contributed by atoms with Gasteiger partial charge in [0.15, 0.2) is 0 Å². The van der Waals surface area contributed by atoms with E-state index in [0.29, 0.717) is 13.0 Å². The van der Waals surface area contributed by atoms with E-state index in [1.807, 2.05) is 0 Å². The first kappa shape index (κ1) is 14.1. The molecule has 1 atom stereocenters.